The van der Waals surface area contributed by atoms with Crippen molar-refractivity contribution in [1.29, 1.82) is 0 Å². The van der Waals surface area contributed by atoms with Crippen molar-refractivity contribution in [3.8, 4) is 0 Å². The van der Waals surface area contributed by atoms with Crippen molar-refractivity contribution in [3.05, 3.63) is 17.8 Å². The predicted molar refractivity (Wildman–Crippen MR) is 81.3 cm³/mol. The molecule has 108 valence electrons. The Hall–Kier alpha value is -1.16. The van der Waals surface area contributed by atoms with Gasteiger partial charge in [0, 0.05) is 19.6 Å². The molecule has 0 fully saturated rings. The van der Waals surface area contributed by atoms with Crippen LogP contribution in [0.3, 0.4) is 0 Å². The lowest BCUT2D eigenvalue weighted by Crippen LogP contribution is -2.31. The zero-order chi connectivity index (χ0) is 14.3. The third-order valence-corrected chi connectivity index (χ3v) is 3.42. The van der Waals surface area contributed by atoms with Crippen LogP contribution in [0, 0.1) is 5.92 Å². The van der Waals surface area contributed by atoms with E-state index in [2.05, 4.69) is 67.3 Å². The van der Waals surface area contributed by atoms with E-state index in [9.17, 15) is 0 Å². The number of aromatic nitrogens is 2. The van der Waals surface area contributed by atoms with Crippen LogP contribution in [0.25, 0.3) is 0 Å². The second kappa shape index (κ2) is 8.10. The number of hydrogen-bond acceptors (Lipinski definition) is 4. The molecule has 0 amide bonds. The number of hydrogen-bond donors (Lipinski definition) is 1. The van der Waals surface area contributed by atoms with Crippen LogP contribution in [0.2, 0.25) is 0 Å². The molecule has 0 saturated heterocycles. The molecule has 0 spiro atoms. The molecule has 1 heterocycles. The lowest BCUT2D eigenvalue weighted by molar-refractivity contribution is 0.545. The third kappa shape index (κ3) is 5.15. The first-order valence-corrected chi connectivity index (χ1v) is 7.34. The van der Waals surface area contributed by atoms with E-state index in [4.69, 9.17) is 0 Å². The van der Waals surface area contributed by atoms with Crippen molar-refractivity contribution in [2.45, 2.75) is 53.1 Å². The molecule has 1 N–H and O–H groups in total. The Bertz CT molecular complexity index is 344. The van der Waals surface area contributed by atoms with Crippen LogP contribution in [-0.2, 0) is 6.54 Å². The van der Waals surface area contributed by atoms with E-state index in [1.165, 1.54) is 0 Å². The van der Waals surface area contributed by atoms with Crippen molar-refractivity contribution in [3.63, 3.8) is 0 Å². The summed E-state index contributed by atoms with van der Waals surface area (Å²) in [6.45, 7) is 10.6. The summed E-state index contributed by atoms with van der Waals surface area (Å²) in [6.07, 6.45) is 2.26. The van der Waals surface area contributed by atoms with Crippen molar-refractivity contribution in [2.75, 3.05) is 18.5 Å². The van der Waals surface area contributed by atoms with Gasteiger partial charge in [0.2, 0.25) is 0 Å². The van der Waals surface area contributed by atoms with Gasteiger partial charge in [0.05, 0.1) is 5.69 Å². The maximum absolute atomic E-state index is 4.33. The highest BCUT2D eigenvalue weighted by Crippen LogP contribution is 2.15. The van der Waals surface area contributed by atoms with E-state index in [1.807, 2.05) is 0 Å². The van der Waals surface area contributed by atoms with Gasteiger partial charge in [0.15, 0.2) is 5.82 Å². The molecule has 1 aromatic rings. The smallest absolute Gasteiger partial charge is 0.151 e. The second-order valence-corrected chi connectivity index (χ2v) is 5.49. The van der Waals surface area contributed by atoms with Gasteiger partial charge in [-0.15, -0.1) is 5.10 Å². The topological polar surface area (TPSA) is 41.0 Å². The minimum Gasteiger partial charge on any atom is -0.355 e. The molecule has 0 radical (unpaired) electrons. The van der Waals surface area contributed by atoms with Crippen molar-refractivity contribution in [1.82, 2.24) is 15.5 Å². The molecule has 0 aliphatic heterocycles. The summed E-state index contributed by atoms with van der Waals surface area (Å²) >= 11 is 0. The molecule has 0 aliphatic carbocycles. The van der Waals surface area contributed by atoms with Gasteiger partial charge < -0.3 is 10.2 Å². The number of rotatable bonds is 8. The van der Waals surface area contributed by atoms with Crippen molar-refractivity contribution >= 4 is 5.82 Å². The first-order valence-electron chi connectivity index (χ1n) is 7.34. The molecule has 19 heavy (non-hydrogen) atoms. The highest BCUT2D eigenvalue weighted by Gasteiger charge is 2.12. The Labute approximate surface area is 117 Å². The summed E-state index contributed by atoms with van der Waals surface area (Å²) in [5, 5.41) is 12.0. The highest BCUT2D eigenvalue weighted by molar-refractivity contribution is 5.37. The van der Waals surface area contributed by atoms with Crippen LogP contribution in [0.15, 0.2) is 12.1 Å². The summed E-state index contributed by atoms with van der Waals surface area (Å²) < 4.78 is 0. The second-order valence-electron chi connectivity index (χ2n) is 5.49. The van der Waals surface area contributed by atoms with Crippen LogP contribution in [0.5, 0.6) is 0 Å². The van der Waals surface area contributed by atoms with Gasteiger partial charge in [0.1, 0.15) is 0 Å². The monoisotopic (exact) mass is 264 g/mol. The van der Waals surface area contributed by atoms with E-state index in [0.29, 0.717) is 12.0 Å². The number of anilines is 1. The fourth-order valence-electron chi connectivity index (χ4n) is 2.15. The average Bonchev–Trinajstić information content (AvgIpc) is 2.40. The molecule has 0 aliphatic rings. The van der Waals surface area contributed by atoms with Crippen LogP contribution < -0.4 is 10.2 Å². The zero-order valence-electron chi connectivity index (χ0n) is 13.0. The maximum Gasteiger partial charge on any atom is 0.151 e. The molecule has 0 atom stereocenters. The third-order valence-electron chi connectivity index (χ3n) is 3.42. The molecule has 1 rings (SSSR count). The van der Waals surface area contributed by atoms with E-state index >= 15 is 0 Å². The first kappa shape index (κ1) is 15.9. The zero-order valence-corrected chi connectivity index (χ0v) is 13.0. The van der Waals surface area contributed by atoms with E-state index < -0.39 is 0 Å². The average molecular weight is 264 g/mol. The number of nitrogens with one attached hydrogen (secondary N) is 1. The highest BCUT2D eigenvalue weighted by atomic mass is 15.3. The summed E-state index contributed by atoms with van der Waals surface area (Å²) in [4.78, 5) is 2.22. The van der Waals surface area contributed by atoms with Crippen LogP contribution >= 0.6 is 0 Å². The fourth-order valence-corrected chi connectivity index (χ4v) is 2.15. The largest absolute Gasteiger partial charge is 0.355 e. The lowest BCUT2D eigenvalue weighted by Gasteiger charge is -2.26. The van der Waals surface area contributed by atoms with E-state index in [1.54, 1.807) is 0 Å². The Kier molecular flexibility index (Phi) is 6.78. The fraction of sp³-hybridized carbons (Fsp3) is 0.733. The molecular weight excluding hydrogens is 236 g/mol. The molecule has 4 nitrogen and oxygen atoms in total. The van der Waals surface area contributed by atoms with Gasteiger partial charge in [-0.2, -0.15) is 5.10 Å². The Morgan fingerprint density at radius 2 is 1.84 bits per heavy atom. The Morgan fingerprint density at radius 3 is 2.32 bits per heavy atom. The van der Waals surface area contributed by atoms with Gasteiger partial charge in [-0.1, -0.05) is 27.7 Å². The lowest BCUT2D eigenvalue weighted by atomic mass is 10.1. The maximum atomic E-state index is 4.33. The summed E-state index contributed by atoms with van der Waals surface area (Å²) in [5.41, 5.74) is 1.00. The molecule has 0 saturated carbocycles. The summed E-state index contributed by atoms with van der Waals surface area (Å²) in [5.74, 6) is 1.62. The standard InChI is InChI=1S/C15H28N4/c1-6-14(7-2)19(5)15-9-8-13(17-18-15)11-16-10-12(3)4/h8-9,12,14,16H,6-7,10-11H2,1-5H3. The molecule has 0 unspecified atom stereocenters. The Balaban J connectivity index is 2.55. The minimum atomic E-state index is 0.541. The van der Waals surface area contributed by atoms with E-state index in [-0.39, 0.29) is 0 Å². The van der Waals surface area contributed by atoms with Gasteiger partial charge in [-0.3, -0.25) is 0 Å². The van der Waals surface area contributed by atoms with Gasteiger partial charge in [-0.05, 0) is 37.4 Å². The quantitative estimate of drug-likeness (QED) is 0.784. The molecule has 0 bridgehead atoms. The molecular formula is C15H28N4. The SMILES string of the molecule is CCC(CC)N(C)c1ccc(CNCC(C)C)nn1. The van der Waals surface area contributed by atoms with E-state index in [0.717, 1.165) is 37.4 Å². The van der Waals surface area contributed by atoms with Gasteiger partial charge >= 0.3 is 0 Å². The van der Waals surface area contributed by atoms with Crippen LogP contribution in [0.4, 0.5) is 5.82 Å². The summed E-state index contributed by atoms with van der Waals surface area (Å²) in [6, 6.07) is 4.67. The molecule has 4 heteroatoms. The van der Waals surface area contributed by atoms with Crippen LogP contribution in [-0.4, -0.2) is 29.8 Å². The Morgan fingerprint density at radius 1 is 1.16 bits per heavy atom. The van der Waals surface area contributed by atoms with Crippen molar-refractivity contribution in [2.24, 2.45) is 5.92 Å². The van der Waals surface area contributed by atoms with Gasteiger partial charge in [-0.25, -0.2) is 0 Å². The minimum absolute atomic E-state index is 0.541. The van der Waals surface area contributed by atoms with Crippen molar-refractivity contribution < 1.29 is 0 Å². The summed E-state index contributed by atoms with van der Waals surface area (Å²) in [7, 11) is 2.10. The first-order chi connectivity index (χ1) is 9.08. The van der Waals surface area contributed by atoms with Crippen LogP contribution in [0.1, 0.15) is 46.2 Å². The molecule has 0 aromatic carbocycles. The predicted octanol–water partition coefficient (Wildman–Crippen LogP) is 2.85. The molecule has 1 aromatic heterocycles. The van der Waals surface area contributed by atoms with Gasteiger partial charge in [0.25, 0.3) is 0 Å². The normalized spacial score (nSPS) is 11.3. The number of nitrogens with zero attached hydrogens (tertiary/aromatic N) is 3.